The van der Waals surface area contributed by atoms with Crippen LogP contribution in [0, 0.1) is 0 Å². The third kappa shape index (κ3) is 4.57. The molecule has 1 aliphatic carbocycles. The third-order valence-corrected chi connectivity index (χ3v) is 10.8. The maximum absolute atomic E-state index is 5.41. The van der Waals surface area contributed by atoms with Gasteiger partial charge in [-0.3, -0.25) is 0 Å². The van der Waals surface area contributed by atoms with Crippen molar-refractivity contribution < 1.29 is 0 Å². The molecule has 0 unspecified atom stereocenters. The fraction of sp³-hybridized carbons (Fsp3) is 0.0612. The van der Waals surface area contributed by atoms with Gasteiger partial charge in [-0.2, -0.15) is 0 Å². The molecule has 51 heavy (non-hydrogen) atoms. The molecule has 0 fully saturated rings. The monoisotopic (exact) mass is 650 g/mol. The van der Waals surface area contributed by atoms with Crippen molar-refractivity contribution in [3.63, 3.8) is 0 Å². The molecule has 0 bridgehead atoms. The predicted octanol–water partition coefficient (Wildman–Crippen LogP) is 12.9. The zero-order valence-corrected chi connectivity index (χ0v) is 28.6. The first-order valence-electron chi connectivity index (χ1n) is 17.7. The van der Waals surface area contributed by atoms with Gasteiger partial charge in [-0.25, -0.2) is 9.97 Å². The van der Waals surface area contributed by atoms with Gasteiger partial charge in [-0.15, -0.1) is 0 Å². The molecular formula is C49H34N2. The number of aromatic nitrogens is 2. The minimum Gasteiger partial charge on any atom is -0.228 e. The summed E-state index contributed by atoms with van der Waals surface area (Å²) in [6, 6.07) is 61.2. The molecule has 240 valence electrons. The molecule has 1 aliphatic rings. The van der Waals surface area contributed by atoms with E-state index in [9.17, 15) is 0 Å². The van der Waals surface area contributed by atoms with Crippen LogP contribution in [-0.2, 0) is 5.41 Å². The van der Waals surface area contributed by atoms with Crippen LogP contribution < -0.4 is 0 Å². The van der Waals surface area contributed by atoms with Crippen molar-refractivity contribution in [3.8, 4) is 56.2 Å². The Morgan fingerprint density at radius 3 is 1.82 bits per heavy atom. The van der Waals surface area contributed by atoms with E-state index in [0.717, 1.165) is 28.1 Å². The highest BCUT2D eigenvalue weighted by atomic mass is 14.9. The molecule has 2 nitrogen and oxygen atoms in total. The van der Waals surface area contributed by atoms with E-state index in [1.54, 1.807) is 0 Å². The van der Waals surface area contributed by atoms with Crippen molar-refractivity contribution in [2.24, 2.45) is 0 Å². The fourth-order valence-corrected chi connectivity index (χ4v) is 8.55. The molecule has 0 amide bonds. The van der Waals surface area contributed by atoms with Crippen molar-refractivity contribution in [2.75, 3.05) is 0 Å². The van der Waals surface area contributed by atoms with E-state index in [-0.39, 0.29) is 5.41 Å². The van der Waals surface area contributed by atoms with Crippen molar-refractivity contribution >= 4 is 32.3 Å². The summed E-state index contributed by atoms with van der Waals surface area (Å²) >= 11 is 0. The van der Waals surface area contributed by atoms with Crippen LogP contribution in [0.3, 0.4) is 0 Å². The summed E-state index contributed by atoms with van der Waals surface area (Å²) in [7, 11) is 0. The first-order chi connectivity index (χ1) is 25.1. The Labute approximate surface area is 297 Å². The van der Waals surface area contributed by atoms with Crippen LogP contribution in [0.2, 0.25) is 0 Å². The van der Waals surface area contributed by atoms with E-state index < -0.39 is 0 Å². The molecule has 8 aromatic carbocycles. The van der Waals surface area contributed by atoms with Gasteiger partial charge in [0, 0.05) is 22.1 Å². The lowest BCUT2D eigenvalue weighted by atomic mass is 9.78. The molecular weight excluding hydrogens is 617 g/mol. The summed E-state index contributed by atoms with van der Waals surface area (Å²) < 4.78 is 0. The number of hydrogen-bond donors (Lipinski definition) is 0. The Balaban J connectivity index is 1.28. The van der Waals surface area contributed by atoms with Gasteiger partial charge in [0.15, 0.2) is 5.82 Å². The highest BCUT2D eigenvalue weighted by Crippen LogP contribution is 2.53. The number of hydrogen-bond acceptors (Lipinski definition) is 2. The molecule has 10 rings (SSSR count). The van der Waals surface area contributed by atoms with Gasteiger partial charge in [0.2, 0.25) is 0 Å². The summed E-state index contributed by atoms with van der Waals surface area (Å²) in [4.78, 5) is 10.8. The lowest BCUT2D eigenvalue weighted by Crippen LogP contribution is -2.16. The molecule has 0 radical (unpaired) electrons. The topological polar surface area (TPSA) is 25.8 Å². The number of benzene rings is 8. The molecule has 1 heterocycles. The standard InChI is InChI=1S/C49H34N2/c1-49(2)42-26-13-12-22-38(42)41-25-14-24-40(47(41)49)37-21-10-11-23-39(37)43-30-44(51-48(50-43)32-16-4-3-5-17-32)46-36-20-9-7-18-33(36)29-34-28-27-31-15-6-8-19-35(31)45(34)46/h3-30H,1-2H3. The quantitative estimate of drug-likeness (QED) is 0.140. The lowest BCUT2D eigenvalue weighted by molar-refractivity contribution is 0.662. The van der Waals surface area contributed by atoms with E-state index in [2.05, 4.69) is 178 Å². The Bertz CT molecular complexity index is 2830. The zero-order chi connectivity index (χ0) is 34.1. The van der Waals surface area contributed by atoms with Crippen LogP contribution in [0.5, 0.6) is 0 Å². The van der Waals surface area contributed by atoms with Crippen molar-refractivity contribution in [1.29, 1.82) is 0 Å². The Morgan fingerprint density at radius 1 is 0.412 bits per heavy atom. The minimum absolute atomic E-state index is 0.148. The van der Waals surface area contributed by atoms with E-state index in [1.807, 2.05) is 6.07 Å². The highest BCUT2D eigenvalue weighted by molar-refractivity contribution is 6.21. The van der Waals surface area contributed by atoms with Gasteiger partial charge in [0.1, 0.15) is 0 Å². The van der Waals surface area contributed by atoms with Crippen LogP contribution in [0.15, 0.2) is 170 Å². The lowest BCUT2D eigenvalue weighted by Gasteiger charge is -2.25. The van der Waals surface area contributed by atoms with E-state index in [4.69, 9.17) is 9.97 Å². The van der Waals surface area contributed by atoms with Gasteiger partial charge in [0.25, 0.3) is 0 Å². The molecule has 0 N–H and O–H groups in total. The fourth-order valence-electron chi connectivity index (χ4n) is 8.55. The van der Waals surface area contributed by atoms with Crippen molar-refractivity contribution in [2.45, 2.75) is 19.3 Å². The second kappa shape index (κ2) is 11.3. The van der Waals surface area contributed by atoms with E-state index >= 15 is 0 Å². The average molecular weight is 651 g/mol. The van der Waals surface area contributed by atoms with Crippen molar-refractivity contribution in [3.05, 3.63) is 181 Å². The van der Waals surface area contributed by atoms with Gasteiger partial charge >= 0.3 is 0 Å². The van der Waals surface area contributed by atoms with Crippen LogP contribution >= 0.6 is 0 Å². The molecule has 0 saturated heterocycles. The molecule has 9 aromatic rings. The highest BCUT2D eigenvalue weighted by Gasteiger charge is 2.37. The third-order valence-electron chi connectivity index (χ3n) is 10.8. The van der Waals surface area contributed by atoms with Gasteiger partial charge in [0.05, 0.1) is 11.4 Å². The predicted molar refractivity (Wildman–Crippen MR) is 214 cm³/mol. The van der Waals surface area contributed by atoms with Crippen LogP contribution in [0.4, 0.5) is 0 Å². The summed E-state index contributed by atoms with van der Waals surface area (Å²) in [5.41, 5.74) is 12.7. The largest absolute Gasteiger partial charge is 0.228 e. The van der Waals surface area contributed by atoms with Crippen molar-refractivity contribution in [1.82, 2.24) is 9.97 Å². The maximum atomic E-state index is 5.41. The normalized spacial score (nSPS) is 13.1. The van der Waals surface area contributed by atoms with Crippen LogP contribution in [0.1, 0.15) is 25.0 Å². The zero-order valence-electron chi connectivity index (χ0n) is 28.6. The minimum atomic E-state index is -0.148. The van der Waals surface area contributed by atoms with E-state index in [1.165, 1.54) is 65.7 Å². The first-order valence-corrected chi connectivity index (χ1v) is 17.7. The molecule has 0 atom stereocenters. The Hall–Kier alpha value is -6.38. The second-order valence-electron chi connectivity index (χ2n) is 14.1. The molecule has 0 spiro atoms. The van der Waals surface area contributed by atoms with Crippen LogP contribution in [-0.4, -0.2) is 9.97 Å². The first kappa shape index (κ1) is 29.5. The molecule has 2 heteroatoms. The SMILES string of the molecule is CC1(C)c2ccccc2-c2cccc(-c3ccccc3-c3cc(-c4c5ccccc5cc5ccc6ccccc6c45)nc(-c4ccccc4)n3)c21. The Kier molecular flexibility index (Phi) is 6.56. The molecule has 1 aromatic heterocycles. The van der Waals surface area contributed by atoms with Gasteiger partial charge < -0.3 is 0 Å². The smallest absolute Gasteiger partial charge is 0.160 e. The van der Waals surface area contributed by atoms with Crippen LogP contribution in [0.25, 0.3) is 88.5 Å². The second-order valence-corrected chi connectivity index (χ2v) is 14.1. The summed E-state index contributed by atoms with van der Waals surface area (Å²) in [6.45, 7) is 4.71. The number of rotatable bonds is 4. The van der Waals surface area contributed by atoms with E-state index in [0.29, 0.717) is 5.82 Å². The summed E-state index contributed by atoms with van der Waals surface area (Å²) in [5, 5.41) is 7.22. The number of nitrogens with zero attached hydrogens (tertiary/aromatic N) is 2. The molecule has 0 aliphatic heterocycles. The average Bonchev–Trinajstić information content (AvgIpc) is 3.43. The van der Waals surface area contributed by atoms with Gasteiger partial charge in [-0.05, 0) is 77.8 Å². The molecule has 0 saturated carbocycles. The Morgan fingerprint density at radius 2 is 1.00 bits per heavy atom. The maximum Gasteiger partial charge on any atom is 0.160 e. The number of fused-ring (bicyclic) bond motifs is 7. The summed E-state index contributed by atoms with van der Waals surface area (Å²) in [6.07, 6.45) is 0. The van der Waals surface area contributed by atoms with Gasteiger partial charge in [-0.1, -0.05) is 172 Å². The summed E-state index contributed by atoms with van der Waals surface area (Å²) in [5.74, 6) is 0.713.